The molecule has 18 heavy (non-hydrogen) atoms. The van der Waals surface area contributed by atoms with E-state index in [1.165, 1.54) is 30.5 Å². The summed E-state index contributed by atoms with van der Waals surface area (Å²) in [7, 11) is 0. The Hall–Kier alpha value is -1.71. The van der Waals surface area contributed by atoms with Gasteiger partial charge < -0.3 is 16.4 Å². The van der Waals surface area contributed by atoms with Crippen LogP contribution in [0.1, 0.15) is 31.7 Å². The zero-order valence-electron chi connectivity index (χ0n) is 11.0. The maximum Gasteiger partial charge on any atom is 0.188 e. The van der Waals surface area contributed by atoms with E-state index >= 15 is 0 Å². The first-order chi connectivity index (χ1) is 8.68. The maximum atomic E-state index is 5.49. The van der Waals surface area contributed by atoms with Gasteiger partial charge in [-0.05, 0) is 37.8 Å². The Morgan fingerprint density at radius 2 is 2.00 bits per heavy atom. The quantitative estimate of drug-likeness (QED) is 0.618. The third-order valence-electron chi connectivity index (χ3n) is 3.43. The van der Waals surface area contributed by atoms with Gasteiger partial charge in [-0.15, -0.1) is 0 Å². The highest BCUT2D eigenvalue weighted by atomic mass is 15.3. The topological polar surface area (TPSA) is 67.6 Å². The fourth-order valence-corrected chi connectivity index (χ4v) is 2.57. The minimum Gasteiger partial charge on any atom is -0.370 e. The highest BCUT2D eigenvalue weighted by Gasteiger charge is 2.18. The van der Waals surface area contributed by atoms with Crippen molar-refractivity contribution in [3.05, 3.63) is 29.8 Å². The predicted octanol–water partition coefficient (Wildman–Crippen LogP) is 1.84. The number of aryl methyl sites for hydroxylation is 1. The van der Waals surface area contributed by atoms with E-state index in [9.17, 15) is 0 Å². The molecule has 0 saturated heterocycles. The van der Waals surface area contributed by atoms with E-state index < -0.39 is 0 Å². The van der Waals surface area contributed by atoms with E-state index in [2.05, 4.69) is 34.2 Å². The number of aliphatic imine (C=N–C) groups is 1. The Morgan fingerprint density at radius 1 is 1.22 bits per heavy atom. The molecular weight excluding hydrogens is 224 g/mol. The van der Waals surface area contributed by atoms with Crippen LogP contribution in [-0.4, -0.2) is 18.7 Å². The van der Waals surface area contributed by atoms with Crippen molar-refractivity contribution in [2.75, 3.05) is 11.4 Å². The van der Waals surface area contributed by atoms with Crippen LogP contribution in [-0.2, 0) is 6.42 Å². The lowest BCUT2D eigenvalue weighted by Gasteiger charge is -2.32. The Labute approximate surface area is 109 Å². The van der Waals surface area contributed by atoms with Crippen molar-refractivity contribution >= 4 is 11.6 Å². The van der Waals surface area contributed by atoms with Gasteiger partial charge in [-0.1, -0.05) is 24.6 Å². The minimum absolute atomic E-state index is 0.00532. The first-order valence-corrected chi connectivity index (χ1v) is 6.62. The van der Waals surface area contributed by atoms with Crippen molar-refractivity contribution in [2.24, 2.45) is 16.5 Å². The molecule has 98 valence electrons. The molecule has 1 aliphatic heterocycles. The standard InChI is InChI=1S/C14H22N4/c1-11(17-14(15)16)18-10-6-2-3-7-12-8-4-5-9-13(12)18/h4-5,8-9,11H,2-3,6-7,10H2,1H3,(H4,15,16,17). The molecule has 0 amide bonds. The number of anilines is 1. The SMILES string of the molecule is CC(N=C(N)N)N1CCCCCc2ccccc21. The van der Waals surface area contributed by atoms with Crippen molar-refractivity contribution in [2.45, 2.75) is 38.8 Å². The first-order valence-electron chi connectivity index (χ1n) is 6.62. The summed E-state index contributed by atoms with van der Waals surface area (Å²) >= 11 is 0. The molecule has 1 aromatic carbocycles. The fraction of sp³-hybridized carbons (Fsp3) is 0.500. The van der Waals surface area contributed by atoms with Crippen molar-refractivity contribution in [3.8, 4) is 0 Å². The lowest BCUT2D eigenvalue weighted by molar-refractivity contribution is 0.584. The normalized spacial score (nSPS) is 17.3. The number of rotatable bonds is 2. The number of hydrogen-bond acceptors (Lipinski definition) is 2. The van der Waals surface area contributed by atoms with Gasteiger partial charge in [-0.3, -0.25) is 0 Å². The van der Waals surface area contributed by atoms with Crippen LogP contribution in [0.2, 0.25) is 0 Å². The van der Waals surface area contributed by atoms with Crippen LogP contribution in [0.4, 0.5) is 5.69 Å². The van der Waals surface area contributed by atoms with Gasteiger partial charge in [-0.25, -0.2) is 4.99 Å². The molecule has 0 spiro atoms. The molecular formula is C14H22N4. The number of benzene rings is 1. The summed E-state index contributed by atoms with van der Waals surface area (Å²) in [6.45, 7) is 3.05. The van der Waals surface area contributed by atoms with Crippen LogP contribution in [0.5, 0.6) is 0 Å². The largest absolute Gasteiger partial charge is 0.370 e. The molecule has 1 aliphatic rings. The summed E-state index contributed by atoms with van der Waals surface area (Å²) in [5.41, 5.74) is 13.7. The minimum atomic E-state index is -0.00532. The second-order valence-corrected chi connectivity index (χ2v) is 4.82. The van der Waals surface area contributed by atoms with Gasteiger partial charge >= 0.3 is 0 Å². The van der Waals surface area contributed by atoms with Gasteiger partial charge in [0.2, 0.25) is 0 Å². The summed E-state index contributed by atoms with van der Waals surface area (Å²) in [6, 6.07) is 8.55. The lowest BCUT2D eigenvalue weighted by atomic mass is 10.0. The average molecular weight is 246 g/mol. The molecule has 4 heteroatoms. The van der Waals surface area contributed by atoms with Gasteiger partial charge in [0.25, 0.3) is 0 Å². The summed E-state index contributed by atoms with van der Waals surface area (Å²) in [5.74, 6) is 0.155. The van der Waals surface area contributed by atoms with Crippen LogP contribution in [0.3, 0.4) is 0 Å². The highest BCUT2D eigenvalue weighted by molar-refractivity contribution is 5.76. The van der Waals surface area contributed by atoms with Gasteiger partial charge in [-0.2, -0.15) is 0 Å². The van der Waals surface area contributed by atoms with Crippen LogP contribution < -0.4 is 16.4 Å². The summed E-state index contributed by atoms with van der Waals surface area (Å²) in [5, 5.41) is 0. The summed E-state index contributed by atoms with van der Waals surface area (Å²) < 4.78 is 0. The van der Waals surface area contributed by atoms with Gasteiger partial charge in [0, 0.05) is 12.2 Å². The maximum absolute atomic E-state index is 5.49. The van der Waals surface area contributed by atoms with Gasteiger partial charge in [0.05, 0.1) is 0 Å². The third kappa shape index (κ3) is 2.94. The van der Waals surface area contributed by atoms with Gasteiger partial charge in [0.1, 0.15) is 6.17 Å². The Bertz CT molecular complexity index is 424. The highest BCUT2D eigenvalue weighted by Crippen LogP contribution is 2.27. The molecule has 1 atom stereocenters. The zero-order chi connectivity index (χ0) is 13.0. The fourth-order valence-electron chi connectivity index (χ4n) is 2.57. The van der Waals surface area contributed by atoms with E-state index in [-0.39, 0.29) is 12.1 Å². The molecule has 2 rings (SSSR count). The second-order valence-electron chi connectivity index (χ2n) is 4.82. The Balaban J connectivity index is 2.31. The van der Waals surface area contributed by atoms with Crippen LogP contribution in [0.25, 0.3) is 0 Å². The Kier molecular flexibility index (Phi) is 4.07. The van der Waals surface area contributed by atoms with E-state index in [1.807, 2.05) is 6.92 Å². The van der Waals surface area contributed by atoms with Gasteiger partial charge in [0.15, 0.2) is 5.96 Å². The number of hydrogen-bond donors (Lipinski definition) is 2. The lowest BCUT2D eigenvalue weighted by Crippen LogP contribution is -2.37. The molecule has 0 aliphatic carbocycles. The van der Waals surface area contributed by atoms with E-state index in [0.717, 1.165) is 13.0 Å². The molecule has 0 radical (unpaired) electrons. The number of nitrogens with two attached hydrogens (primary N) is 2. The Morgan fingerprint density at radius 3 is 2.78 bits per heavy atom. The molecule has 0 bridgehead atoms. The first kappa shape index (κ1) is 12.7. The molecule has 1 aromatic rings. The van der Waals surface area contributed by atoms with Crippen LogP contribution in [0.15, 0.2) is 29.3 Å². The summed E-state index contributed by atoms with van der Waals surface area (Å²) in [4.78, 5) is 6.57. The molecule has 1 heterocycles. The van der Waals surface area contributed by atoms with Crippen molar-refractivity contribution in [1.82, 2.24) is 0 Å². The number of guanidine groups is 1. The van der Waals surface area contributed by atoms with Crippen molar-refractivity contribution in [3.63, 3.8) is 0 Å². The van der Waals surface area contributed by atoms with E-state index in [0.29, 0.717) is 0 Å². The third-order valence-corrected chi connectivity index (χ3v) is 3.43. The molecule has 0 aromatic heterocycles. The zero-order valence-corrected chi connectivity index (χ0v) is 11.0. The second kappa shape index (κ2) is 5.76. The molecule has 4 N–H and O–H groups in total. The van der Waals surface area contributed by atoms with Crippen molar-refractivity contribution < 1.29 is 0 Å². The molecule has 0 fully saturated rings. The van der Waals surface area contributed by atoms with E-state index in [4.69, 9.17) is 11.5 Å². The number of fused-ring (bicyclic) bond motifs is 1. The predicted molar refractivity (Wildman–Crippen MR) is 76.6 cm³/mol. The average Bonchev–Trinajstić information content (AvgIpc) is 2.29. The smallest absolute Gasteiger partial charge is 0.188 e. The van der Waals surface area contributed by atoms with Crippen molar-refractivity contribution in [1.29, 1.82) is 0 Å². The number of para-hydroxylation sites is 1. The monoisotopic (exact) mass is 246 g/mol. The molecule has 1 unspecified atom stereocenters. The van der Waals surface area contributed by atoms with Crippen LogP contribution >= 0.6 is 0 Å². The van der Waals surface area contributed by atoms with E-state index in [1.54, 1.807) is 0 Å². The van der Waals surface area contributed by atoms with Crippen LogP contribution in [0, 0.1) is 0 Å². The summed E-state index contributed by atoms with van der Waals surface area (Å²) in [6.07, 6.45) is 4.86. The molecule has 4 nitrogen and oxygen atoms in total. The number of nitrogens with zero attached hydrogens (tertiary/aromatic N) is 2. The molecule has 0 saturated carbocycles.